The summed E-state index contributed by atoms with van der Waals surface area (Å²) < 4.78 is 0. The van der Waals surface area contributed by atoms with E-state index in [1.165, 1.54) is 19.3 Å². The van der Waals surface area contributed by atoms with Gasteiger partial charge in [-0.05, 0) is 25.7 Å². The van der Waals surface area contributed by atoms with E-state index in [1.54, 1.807) is 0 Å². The Balaban J connectivity index is 1.93. The molecule has 1 N–H and O–H groups in total. The first-order valence-corrected chi connectivity index (χ1v) is 6.35. The molecule has 0 aromatic rings. The first kappa shape index (κ1) is 12.1. The lowest BCUT2D eigenvalue weighted by atomic mass is 9.85. The molecule has 94 valence electrons. The zero-order valence-corrected chi connectivity index (χ0v) is 10.2. The van der Waals surface area contributed by atoms with E-state index in [0.29, 0.717) is 31.0 Å². The topological polar surface area (TPSA) is 61.8 Å². The molecule has 2 aliphatic rings. The van der Waals surface area contributed by atoms with Crippen molar-refractivity contribution in [3.63, 3.8) is 0 Å². The molecule has 0 aromatic carbocycles. The van der Waals surface area contributed by atoms with E-state index in [-0.39, 0.29) is 11.8 Å². The van der Waals surface area contributed by atoms with Crippen LogP contribution in [0.2, 0.25) is 0 Å². The average Bonchev–Trinajstić information content (AvgIpc) is 2.28. The monoisotopic (exact) mass is 237 g/mol. The Morgan fingerprint density at radius 1 is 1.47 bits per heavy atom. The maximum absolute atomic E-state index is 12.2. The third-order valence-electron chi connectivity index (χ3n) is 3.52. The molecular weight excluding hydrogens is 218 g/mol. The SMILES string of the molecule is CCN(CC1CCC1)C(=O)C1=NNC(=O)CC1. The van der Waals surface area contributed by atoms with Gasteiger partial charge < -0.3 is 4.90 Å². The fraction of sp³-hybridized carbons (Fsp3) is 0.750. The summed E-state index contributed by atoms with van der Waals surface area (Å²) in [5, 5.41) is 3.86. The molecular formula is C12H19N3O2. The third-order valence-corrected chi connectivity index (χ3v) is 3.52. The van der Waals surface area contributed by atoms with Crippen LogP contribution in [0.3, 0.4) is 0 Å². The minimum absolute atomic E-state index is 0.0144. The molecule has 5 heteroatoms. The van der Waals surface area contributed by atoms with Gasteiger partial charge >= 0.3 is 0 Å². The Kier molecular flexibility index (Phi) is 3.76. The molecule has 0 aromatic heterocycles. The highest BCUT2D eigenvalue weighted by Gasteiger charge is 2.26. The summed E-state index contributed by atoms with van der Waals surface area (Å²) in [6.07, 6.45) is 4.57. The Morgan fingerprint density at radius 2 is 2.24 bits per heavy atom. The van der Waals surface area contributed by atoms with Crippen LogP contribution >= 0.6 is 0 Å². The van der Waals surface area contributed by atoms with Crippen LogP contribution in [0.15, 0.2) is 5.10 Å². The zero-order chi connectivity index (χ0) is 12.3. The molecule has 1 saturated carbocycles. The molecule has 0 spiro atoms. The molecule has 0 saturated heterocycles. The summed E-state index contributed by atoms with van der Waals surface area (Å²) in [6.45, 7) is 3.53. The average molecular weight is 237 g/mol. The zero-order valence-electron chi connectivity index (χ0n) is 10.2. The van der Waals surface area contributed by atoms with Gasteiger partial charge in [0.1, 0.15) is 5.71 Å². The number of rotatable bonds is 4. The van der Waals surface area contributed by atoms with E-state index < -0.39 is 0 Å². The van der Waals surface area contributed by atoms with Gasteiger partial charge in [0, 0.05) is 25.9 Å². The second-order valence-corrected chi connectivity index (χ2v) is 4.73. The second kappa shape index (κ2) is 5.29. The van der Waals surface area contributed by atoms with Crippen LogP contribution in [0, 0.1) is 5.92 Å². The van der Waals surface area contributed by atoms with Crippen molar-refractivity contribution in [2.75, 3.05) is 13.1 Å². The maximum atomic E-state index is 12.2. The van der Waals surface area contributed by atoms with E-state index in [9.17, 15) is 9.59 Å². The van der Waals surface area contributed by atoms with E-state index in [0.717, 1.165) is 6.54 Å². The van der Waals surface area contributed by atoms with Crippen LogP contribution in [-0.2, 0) is 9.59 Å². The largest absolute Gasteiger partial charge is 0.338 e. The molecule has 1 aliphatic carbocycles. The molecule has 1 fully saturated rings. The molecule has 2 amide bonds. The van der Waals surface area contributed by atoms with Gasteiger partial charge in [0.2, 0.25) is 5.91 Å². The van der Waals surface area contributed by atoms with Gasteiger partial charge in [0.15, 0.2) is 0 Å². The van der Waals surface area contributed by atoms with Crippen LogP contribution in [0.4, 0.5) is 0 Å². The number of carbonyl (C=O) groups is 2. The van der Waals surface area contributed by atoms with Crippen LogP contribution in [0.25, 0.3) is 0 Å². The lowest BCUT2D eigenvalue weighted by Gasteiger charge is -2.32. The Bertz CT molecular complexity index is 348. The van der Waals surface area contributed by atoms with Crippen molar-refractivity contribution >= 4 is 17.5 Å². The first-order valence-electron chi connectivity index (χ1n) is 6.35. The van der Waals surface area contributed by atoms with Gasteiger partial charge in [-0.15, -0.1) is 0 Å². The standard InChI is InChI=1S/C12H19N3O2/c1-2-15(8-9-4-3-5-9)12(17)10-6-7-11(16)14-13-10/h9H,2-8H2,1H3,(H,14,16). The van der Waals surface area contributed by atoms with Crippen LogP contribution in [0.5, 0.6) is 0 Å². The lowest BCUT2D eigenvalue weighted by molar-refractivity contribution is -0.125. The molecule has 1 heterocycles. The van der Waals surface area contributed by atoms with Gasteiger partial charge in [0.25, 0.3) is 5.91 Å². The Morgan fingerprint density at radius 3 is 2.71 bits per heavy atom. The number of hydrogen-bond acceptors (Lipinski definition) is 3. The second-order valence-electron chi connectivity index (χ2n) is 4.73. The molecule has 0 atom stereocenters. The van der Waals surface area contributed by atoms with Crippen LogP contribution in [0.1, 0.15) is 39.0 Å². The maximum Gasteiger partial charge on any atom is 0.270 e. The highest BCUT2D eigenvalue weighted by atomic mass is 16.2. The van der Waals surface area contributed by atoms with Gasteiger partial charge in [-0.1, -0.05) is 6.42 Å². The van der Waals surface area contributed by atoms with Gasteiger partial charge in [-0.25, -0.2) is 5.43 Å². The van der Waals surface area contributed by atoms with E-state index in [4.69, 9.17) is 0 Å². The van der Waals surface area contributed by atoms with Crippen molar-refractivity contribution in [3.05, 3.63) is 0 Å². The smallest absolute Gasteiger partial charge is 0.270 e. The summed E-state index contributed by atoms with van der Waals surface area (Å²) in [7, 11) is 0. The highest BCUT2D eigenvalue weighted by Crippen LogP contribution is 2.27. The molecule has 0 unspecified atom stereocenters. The highest BCUT2D eigenvalue weighted by molar-refractivity contribution is 6.39. The van der Waals surface area contributed by atoms with Crippen LogP contribution < -0.4 is 5.43 Å². The summed E-state index contributed by atoms with van der Waals surface area (Å²) in [6, 6.07) is 0. The quantitative estimate of drug-likeness (QED) is 0.789. The van der Waals surface area contributed by atoms with Crippen molar-refractivity contribution in [1.29, 1.82) is 0 Å². The van der Waals surface area contributed by atoms with Gasteiger partial charge in [-0.3, -0.25) is 9.59 Å². The predicted octanol–water partition coefficient (Wildman–Crippen LogP) is 0.901. The molecule has 0 bridgehead atoms. The Hall–Kier alpha value is -1.39. The third kappa shape index (κ3) is 2.84. The van der Waals surface area contributed by atoms with Crippen molar-refractivity contribution < 1.29 is 9.59 Å². The number of nitrogens with zero attached hydrogens (tertiary/aromatic N) is 2. The summed E-state index contributed by atoms with van der Waals surface area (Å²) >= 11 is 0. The van der Waals surface area contributed by atoms with Crippen LogP contribution in [-0.4, -0.2) is 35.5 Å². The number of hydrogen-bond donors (Lipinski definition) is 1. The summed E-state index contributed by atoms with van der Waals surface area (Å²) in [5.74, 6) is 0.542. The summed E-state index contributed by atoms with van der Waals surface area (Å²) in [5.41, 5.74) is 2.87. The van der Waals surface area contributed by atoms with Crippen molar-refractivity contribution in [2.45, 2.75) is 39.0 Å². The number of carbonyl (C=O) groups excluding carboxylic acids is 2. The summed E-state index contributed by atoms with van der Waals surface area (Å²) in [4.78, 5) is 25.0. The molecule has 17 heavy (non-hydrogen) atoms. The van der Waals surface area contributed by atoms with Crippen molar-refractivity contribution in [3.8, 4) is 0 Å². The molecule has 5 nitrogen and oxygen atoms in total. The number of hydrazone groups is 1. The Labute approximate surface area is 101 Å². The van der Waals surface area contributed by atoms with E-state index in [1.807, 2.05) is 11.8 Å². The van der Waals surface area contributed by atoms with E-state index in [2.05, 4.69) is 10.5 Å². The molecule has 1 aliphatic heterocycles. The minimum Gasteiger partial charge on any atom is -0.338 e. The molecule has 2 rings (SSSR count). The predicted molar refractivity (Wildman–Crippen MR) is 64.4 cm³/mol. The fourth-order valence-electron chi connectivity index (χ4n) is 2.15. The minimum atomic E-state index is -0.108. The van der Waals surface area contributed by atoms with Gasteiger partial charge in [0.05, 0.1) is 0 Å². The fourth-order valence-corrected chi connectivity index (χ4v) is 2.15. The number of amides is 2. The molecule has 0 radical (unpaired) electrons. The van der Waals surface area contributed by atoms with Crippen molar-refractivity contribution in [2.24, 2.45) is 11.0 Å². The van der Waals surface area contributed by atoms with Gasteiger partial charge in [-0.2, -0.15) is 5.10 Å². The normalized spacial score (nSPS) is 20.3. The van der Waals surface area contributed by atoms with Crippen molar-refractivity contribution in [1.82, 2.24) is 10.3 Å². The lowest BCUT2D eigenvalue weighted by Crippen LogP contribution is -2.43. The first-order chi connectivity index (χ1) is 8.20. The van der Waals surface area contributed by atoms with E-state index >= 15 is 0 Å². The number of nitrogens with one attached hydrogen (secondary N) is 1.